The number of piperazine rings is 1. The molecule has 22 heavy (non-hydrogen) atoms. The Kier molecular flexibility index (Phi) is 9.41. The number of nitrogens with zero attached hydrogens (tertiary/aromatic N) is 1. The maximum absolute atomic E-state index is 12.5. The van der Waals surface area contributed by atoms with Crippen molar-refractivity contribution in [3.63, 3.8) is 0 Å². The van der Waals surface area contributed by atoms with Gasteiger partial charge in [0, 0.05) is 32.6 Å². The predicted molar refractivity (Wildman–Crippen MR) is 81.6 cm³/mol. The average Bonchev–Trinajstić information content (AvgIpc) is 2.88. The number of aliphatic hydroxyl groups is 1. The topological polar surface area (TPSA) is 48.6 Å². The third-order valence-electron chi connectivity index (χ3n) is 3.46. The first-order chi connectivity index (χ1) is 9.49. The molecule has 4 nitrogen and oxygen atoms in total. The van der Waals surface area contributed by atoms with Crippen LogP contribution in [0, 0.1) is 0 Å². The number of aliphatic hydroxyl groups excluding tert-OH is 1. The van der Waals surface area contributed by atoms with Crippen LogP contribution >= 0.6 is 24.8 Å². The highest BCUT2D eigenvalue weighted by Gasteiger charge is 2.32. The van der Waals surface area contributed by atoms with Crippen molar-refractivity contribution in [2.75, 3.05) is 26.2 Å². The van der Waals surface area contributed by atoms with Gasteiger partial charge in [0.25, 0.3) is 0 Å². The normalized spacial score (nSPS) is 17.5. The van der Waals surface area contributed by atoms with Gasteiger partial charge in [0.05, 0.1) is 6.04 Å². The summed E-state index contributed by atoms with van der Waals surface area (Å²) in [6.07, 6.45) is -5.03. The van der Waals surface area contributed by atoms with Crippen molar-refractivity contribution in [2.24, 2.45) is 0 Å². The molecule has 2 heterocycles. The minimum absolute atomic E-state index is 0. The molecule has 2 N–H and O–H groups in total. The Morgan fingerprint density at radius 1 is 1.23 bits per heavy atom. The number of alkyl halides is 3. The highest BCUT2D eigenvalue weighted by Crippen LogP contribution is 2.32. The maximum Gasteiger partial charge on any atom is 0.389 e. The molecule has 1 fully saturated rings. The maximum atomic E-state index is 12.5. The molecule has 1 aromatic rings. The summed E-state index contributed by atoms with van der Waals surface area (Å²) < 4.78 is 42.8. The fourth-order valence-corrected chi connectivity index (χ4v) is 2.46. The van der Waals surface area contributed by atoms with Crippen LogP contribution in [0.4, 0.5) is 13.2 Å². The summed E-state index contributed by atoms with van der Waals surface area (Å²) in [4.78, 5) is 2.00. The SMILES string of the molecule is Cl.Cl.OCc1ccc([C@@H](CCC(F)(F)F)N2CCNCC2)o1. The van der Waals surface area contributed by atoms with Crippen molar-refractivity contribution < 1.29 is 22.7 Å². The molecule has 0 spiro atoms. The Bertz CT molecular complexity index is 424. The van der Waals surface area contributed by atoms with Crippen LogP contribution < -0.4 is 5.32 Å². The Balaban J connectivity index is 0.00000220. The second-order valence-corrected chi connectivity index (χ2v) is 4.92. The van der Waals surface area contributed by atoms with Gasteiger partial charge < -0.3 is 14.8 Å². The second kappa shape index (κ2) is 9.62. The number of rotatable bonds is 5. The lowest BCUT2D eigenvalue weighted by molar-refractivity contribution is -0.139. The summed E-state index contributed by atoms with van der Waals surface area (Å²) in [6, 6.07) is 2.88. The summed E-state index contributed by atoms with van der Waals surface area (Å²) in [7, 11) is 0. The lowest BCUT2D eigenvalue weighted by atomic mass is 10.1. The average molecular weight is 365 g/mol. The molecule has 1 aliphatic heterocycles. The van der Waals surface area contributed by atoms with E-state index >= 15 is 0 Å². The van der Waals surface area contributed by atoms with E-state index in [9.17, 15) is 13.2 Å². The molecule has 1 aromatic heterocycles. The molecule has 1 aliphatic rings. The van der Waals surface area contributed by atoms with Gasteiger partial charge in [-0.2, -0.15) is 13.2 Å². The van der Waals surface area contributed by atoms with Crippen LogP contribution in [-0.2, 0) is 6.61 Å². The fraction of sp³-hybridized carbons (Fsp3) is 0.692. The van der Waals surface area contributed by atoms with Gasteiger partial charge in [-0.25, -0.2) is 0 Å². The molecule has 0 unspecified atom stereocenters. The van der Waals surface area contributed by atoms with Crippen molar-refractivity contribution in [3.8, 4) is 0 Å². The van der Waals surface area contributed by atoms with E-state index in [2.05, 4.69) is 5.32 Å². The first kappa shape index (κ1) is 21.5. The minimum Gasteiger partial charge on any atom is -0.462 e. The molecule has 130 valence electrons. The van der Waals surface area contributed by atoms with E-state index in [0.29, 0.717) is 24.6 Å². The molecule has 0 aliphatic carbocycles. The van der Waals surface area contributed by atoms with E-state index in [0.717, 1.165) is 13.1 Å². The summed E-state index contributed by atoms with van der Waals surface area (Å²) in [6.45, 7) is 2.66. The van der Waals surface area contributed by atoms with Crippen molar-refractivity contribution in [2.45, 2.75) is 31.7 Å². The molecular weight excluding hydrogens is 344 g/mol. The zero-order valence-electron chi connectivity index (χ0n) is 11.9. The molecule has 1 atom stereocenters. The fourth-order valence-electron chi connectivity index (χ4n) is 2.46. The van der Waals surface area contributed by atoms with Crippen molar-refractivity contribution in [1.29, 1.82) is 0 Å². The van der Waals surface area contributed by atoms with Crippen LogP contribution in [0.3, 0.4) is 0 Å². The number of nitrogens with one attached hydrogen (secondary N) is 1. The van der Waals surface area contributed by atoms with Gasteiger partial charge >= 0.3 is 6.18 Å². The van der Waals surface area contributed by atoms with E-state index in [1.54, 1.807) is 12.1 Å². The van der Waals surface area contributed by atoms with Crippen LogP contribution in [-0.4, -0.2) is 42.4 Å². The highest BCUT2D eigenvalue weighted by atomic mass is 35.5. The summed E-state index contributed by atoms with van der Waals surface area (Å²) >= 11 is 0. The largest absolute Gasteiger partial charge is 0.462 e. The van der Waals surface area contributed by atoms with Crippen molar-refractivity contribution in [3.05, 3.63) is 23.7 Å². The Labute approximate surface area is 139 Å². The second-order valence-electron chi connectivity index (χ2n) is 4.92. The van der Waals surface area contributed by atoms with Crippen LogP contribution in [0.15, 0.2) is 16.5 Å². The first-order valence-corrected chi connectivity index (χ1v) is 6.70. The van der Waals surface area contributed by atoms with Crippen LogP contribution in [0.1, 0.15) is 30.4 Å². The van der Waals surface area contributed by atoms with Gasteiger partial charge in [-0.1, -0.05) is 0 Å². The van der Waals surface area contributed by atoms with E-state index in [-0.39, 0.29) is 43.9 Å². The lowest BCUT2D eigenvalue weighted by Gasteiger charge is -2.34. The van der Waals surface area contributed by atoms with Gasteiger partial charge in [0.1, 0.15) is 18.1 Å². The van der Waals surface area contributed by atoms with E-state index < -0.39 is 12.6 Å². The van der Waals surface area contributed by atoms with Gasteiger partial charge in [0.2, 0.25) is 0 Å². The minimum atomic E-state index is -4.17. The summed E-state index contributed by atoms with van der Waals surface area (Å²) in [5.41, 5.74) is 0. The first-order valence-electron chi connectivity index (χ1n) is 6.70. The van der Waals surface area contributed by atoms with Crippen LogP contribution in [0.2, 0.25) is 0 Å². The zero-order valence-corrected chi connectivity index (χ0v) is 13.6. The Hall–Kier alpha value is -0.470. The highest BCUT2D eigenvalue weighted by molar-refractivity contribution is 5.85. The number of halogens is 5. The van der Waals surface area contributed by atoms with E-state index in [1.165, 1.54) is 0 Å². The van der Waals surface area contributed by atoms with Gasteiger partial charge in [-0.3, -0.25) is 4.90 Å². The molecule has 0 radical (unpaired) electrons. The monoisotopic (exact) mass is 364 g/mol. The van der Waals surface area contributed by atoms with Crippen molar-refractivity contribution in [1.82, 2.24) is 10.2 Å². The molecule has 2 rings (SSSR count). The van der Waals surface area contributed by atoms with Gasteiger partial charge in [-0.15, -0.1) is 24.8 Å². The van der Waals surface area contributed by atoms with Gasteiger partial charge in [-0.05, 0) is 18.6 Å². The molecule has 0 bridgehead atoms. The molecule has 1 saturated heterocycles. The van der Waals surface area contributed by atoms with Gasteiger partial charge in [0.15, 0.2) is 0 Å². The molecule has 0 amide bonds. The summed E-state index contributed by atoms with van der Waals surface area (Å²) in [5, 5.41) is 12.2. The smallest absolute Gasteiger partial charge is 0.389 e. The quantitative estimate of drug-likeness (QED) is 0.843. The zero-order chi connectivity index (χ0) is 14.6. The van der Waals surface area contributed by atoms with E-state index in [4.69, 9.17) is 9.52 Å². The predicted octanol–water partition coefficient (Wildman–Crippen LogP) is 2.90. The third-order valence-corrected chi connectivity index (χ3v) is 3.46. The Morgan fingerprint density at radius 2 is 1.86 bits per heavy atom. The molecular formula is C13H21Cl2F3N2O2. The number of furan rings is 1. The number of hydrogen-bond donors (Lipinski definition) is 2. The third kappa shape index (κ3) is 6.34. The summed E-state index contributed by atoms with van der Waals surface area (Å²) in [5.74, 6) is 0.882. The molecule has 0 aromatic carbocycles. The van der Waals surface area contributed by atoms with E-state index in [1.807, 2.05) is 4.90 Å². The Morgan fingerprint density at radius 3 is 2.36 bits per heavy atom. The molecule has 0 saturated carbocycles. The van der Waals surface area contributed by atoms with Crippen LogP contribution in [0.5, 0.6) is 0 Å². The lowest BCUT2D eigenvalue weighted by Crippen LogP contribution is -2.45. The standard InChI is InChI=1S/C13H19F3N2O2.2ClH/c14-13(15,16)4-3-11(18-7-5-17-6-8-18)12-2-1-10(9-19)20-12;;/h1-2,11,17,19H,3-9H2;2*1H/t11-;;/m1../s1. The molecule has 9 heteroatoms. The van der Waals surface area contributed by atoms with Crippen LogP contribution in [0.25, 0.3) is 0 Å². The number of hydrogen-bond acceptors (Lipinski definition) is 4. The van der Waals surface area contributed by atoms with Crippen molar-refractivity contribution >= 4 is 24.8 Å².